The molecule has 0 spiro atoms. The molecule has 1 aliphatic carbocycles. The van der Waals surface area contributed by atoms with Gasteiger partial charge in [-0.3, -0.25) is 28.9 Å². The Hall–Kier alpha value is -4.08. The van der Waals surface area contributed by atoms with Gasteiger partial charge in [0, 0.05) is 49.0 Å². The second-order valence-electron chi connectivity index (χ2n) is 13.5. The highest BCUT2D eigenvalue weighted by molar-refractivity contribution is 6.06. The average Bonchev–Trinajstić information content (AvgIpc) is 3.74. The molecule has 0 saturated carbocycles. The number of amides is 3. The molecular formula is C35H37N5O5. The summed E-state index contributed by atoms with van der Waals surface area (Å²) < 4.78 is 6.48. The molecule has 232 valence electrons. The molecule has 10 nitrogen and oxygen atoms in total. The number of aliphatic hydroxyl groups is 1. The van der Waals surface area contributed by atoms with Crippen molar-refractivity contribution in [1.82, 2.24) is 20.0 Å². The van der Waals surface area contributed by atoms with E-state index in [4.69, 9.17) is 4.74 Å². The second-order valence-corrected chi connectivity index (χ2v) is 13.5. The summed E-state index contributed by atoms with van der Waals surface area (Å²) in [5.74, 6) is -1.15. The standard InChI is InChI=1S/C35H37N5O5/c1-20(2)34(37-31(41)23-16-25-24-11-7-12-26-30(24)22(18-36-26)17-27(25)38(3)19-23)33(43)40-28(15-21-9-5-4-6-10-21)32(42)39-14-8-13-29(39)35(40,44)45-34/h4-7,9-12,16,20,23,27-29,44H,8,13-15,17,19H2,1-3H3,(H,37,41). The number of carbonyl (C=O) groups excluding carboxylic acids is 3. The maximum Gasteiger partial charge on any atom is 0.281 e. The normalized spacial score (nSPS) is 33.1. The zero-order chi connectivity index (χ0) is 31.2. The summed E-state index contributed by atoms with van der Waals surface area (Å²) in [6.45, 7) is 4.52. The van der Waals surface area contributed by atoms with E-state index in [1.165, 1.54) is 4.90 Å². The van der Waals surface area contributed by atoms with E-state index in [1.807, 2.05) is 55.6 Å². The third-order valence-corrected chi connectivity index (χ3v) is 10.6. The van der Waals surface area contributed by atoms with Crippen LogP contribution in [0.2, 0.25) is 0 Å². The van der Waals surface area contributed by atoms with E-state index < -0.39 is 41.5 Å². The predicted octanol–water partition coefficient (Wildman–Crippen LogP) is 2.69. The fourth-order valence-corrected chi connectivity index (χ4v) is 8.32. The molecule has 3 saturated heterocycles. The average molecular weight is 608 g/mol. The Kier molecular flexibility index (Phi) is 6.29. The van der Waals surface area contributed by atoms with Crippen LogP contribution in [0.1, 0.15) is 49.8 Å². The molecule has 10 heteroatoms. The lowest BCUT2D eigenvalue weighted by molar-refractivity contribution is -0.321. The smallest absolute Gasteiger partial charge is 0.281 e. The number of nitrogens with zero attached hydrogens (tertiary/aromatic N) is 4. The van der Waals surface area contributed by atoms with Gasteiger partial charge in [0.05, 0.1) is 11.6 Å². The number of aliphatic imine (C=N–C) groups is 1. The first-order valence-electron chi connectivity index (χ1n) is 15.9. The van der Waals surface area contributed by atoms with Crippen LogP contribution in [0, 0.1) is 11.8 Å². The van der Waals surface area contributed by atoms with Gasteiger partial charge in [0.25, 0.3) is 11.8 Å². The van der Waals surface area contributed by atoms with Crippen LogP contribution >= 0.6 is 0 Å². The Morgan fingerprint density at radius 3 is 2.76 bits per heavy atom. The highest BCUT2D eigenvalue weighted by Gasteiger charge is 2.72. The van der Waals surface area contributed by atoms with Crippen LogP contribution in [0.25, 0.3) is 11.1 Å². The molecule has 6 unspecified atom stereocenters. The molecule has 2 aromatic carbocycles. The van der Waals surface area contributed by atoms with Gasteiger partial charge in [-0.05, 0) is 48.5 Å². The Morgan fingerprint density at radius 1 is 1.18 bits per heavy atom. The summed E-state index contributed by atoms with van der Waals surface area (Å²) in [5.41, 5.74) is 4.20. The van der Waals surface area contributed by atoms with Crippen molar-refractivity contribution in [3.63, 3.8) is 0 Å². The van der Waals surface area contributed by atoms with Crippen molar-refractivity contribution in [3.8, 4) is 0 Å². The number of piperazine rings is 1. The Labute approximate surface area is 262 Å². The van der Waals surface area contributed by atoms with Crippen molar-refractivity contribution < 1.29 is 24.2 Å². The van der Waals surface area contributed by atoms with E-state index in [-0.39, 0.29) is 24.3 Å². The van der Waals surface area contributed by atoms with Gasteiger partial charge in [-0.15, -0.1) is 0 Å². The van der Waals surface area contributed by atoms with E-state index in [0.29, 0.717) is 25.9 Å². The van der Waals surface area contributed by atoms with Crippen molar-refractivity contribution in [2.24, 2.45) is 16.8 Å². The third kappa shape index (κ3) is 3.99. The lowest BCUT2D eigenvalue weighted by atomic mass is 9.77. The molecule has 8 rings (SSSR count). The molecule has 5 heterocycles. The Morgan fingerprint density at radius 2 is 1.98 bits per heavy atom. The highest BCUT2D eigenvalue weighted by atomic mass is 16.7. The number of hydrogen-bond donors (Lipinski definition) is 2. The summed E-state index contributed by atoms with van der Waals surface area (Å²) in [6.07, 6.45) is 4.19. The maximum atomic E-state index is 14.6. The van der Waals surface area contributed by atoms with Gasteiger partial charge >= 0.3 is 0 Å². The number of nitrogens with one attached hydrogen (secondary N) is 1. The van der Waals surface area contributed by atoms with Gasteiger partial charge in [0.1, 0.15) is 12.1 Å². The number of ether oxygens (including phenoxy) is 1. The topological polar surface area (TPSA) is 115 Å². The lowest BCUT2D eigenvalue weighted by Crippen LogP contribution is -2.71. The van der Waals surface area contributed by atoms with E-state index in [9.17, 15) is 19.5 Å². The van der Waals surface area contributed by atoms with Crippen molar-refractivity contribution in [1.29, 1.82) is 0 Å². The van der Waals surface area contributed by atoms with Gasteiger partial charge in [-0.1, -0.05) is 62.4 Å². The summed E-state index contributed by atoms with van der Waals surface area (Å²) in [7, 11) is 2.01. The van der Waals surface area contributed by atoms with Crippen molar-refractivity contribution in [2.75, 3.05) is 20.1 Å². The molecule has 2 aromatic rings. The van der Waals surface area contributed by atoms with Crippen LogP contribution in [0.15, 0.2) is 59.6 Å². The molecule has 0 bridgehead atoms. The lowest BCUT2D eigenvalue weighted by Gasteiger charge is -2.48. The highest BCUT2D eigenvalue weighted by Crippen LogP contribution is 2.49. The molecule has 6 aliphatic rings. The maximum absolute atomic E-state index is 14.6. The van der Waals surface area contributed by atoms with E-state index in [1.54, 1.807) is 18.7 Å². The minimum absolute atomic E-state index is 0.0869. The van der Waals surface area contributed by atoms with Gasteiger partial charge in [0.15, 0.2) is 0 Å². The van der Waals surface area contributed by atoms with Gasteiger partial charge in [0.2, 0.25) is 17.5 Å². The summed E-state index contributed by atoms with van der Waals surface area (Å²) >= 11 is 0. The Bertz CT molecular complexity index is 1730. The fraction of sp³-hybridized carbons (Fsp3) is 0.457. The fourth-order valence-electron chi connectivity index (χ4n) is 8.32. The first-order chi connectivity index (χ1) is 21.6. The zero-order valence-electron chi connectivity index (χ0n) is 25.7. The molecule has 45 heavy (non-hydrogen) atoms. The van der Waals surface area contributed by atoms with Crippen molar-refractivity contribution >= 4 is 40.4 Å². The Balaban J connectivity index is 1.15. The molecular weight excluding hydrogens is 570 g/mol. The number of likely N-dealkylation sites (N-methyl/N-ethyl adjacent to an activating group) is 1. The molecule has 0 radical (unpaired) electrons. The van der Waals surface area contributed by atoms with Crippen LogP contribution < -0.4 is 5.32 Å². The summed E-state index contributed by atoms with van der Waals surface area (Å²) in [6, 6.07) is 13.9. The molecule has 6 atom stereocenters. The summed E-state index contributed by atoms with van der Waals surface area (Å²) in [5, 5.41) is 15.3. The van der Waals surface area contributed by atoms with Crippen LogP contribution in [0.3, 0.4) is 0 Å². The van der Waals surface area contributed by atoms with E-state index in [2.05, 4.69) is 27.1 Å². The van der Waals surface area contributed by atoms with E-state index >= 15 is 0 Å². The second kappa shape index (κ2) is 9.96. The van der Waals surface area contributed by atoms with Crippen molar-refractivity contribution in [2.45, 2.75) is 69.3 Å². The third-order valence-electron chi connectivity index (χ3n) is 10.6. The molecule has 0 aromatic heterocycles. The predicted molar refractivity (Wildman–Crippen MR) is 167 cm³/mol. The molecule has 2 N–H and O–H groups in total. The first-order valence-corrected chi connectivity index (χ1v) is 15.9. The van der Waals surface area contributed by atoms with Gasteiger partial charge in [-0.25, -0.2) is 4.99 Å². The van der Waals surface area contributed by atoms with Crippen LogP contribution in [0.4, 0.5) is 5.69 Å². The minimum Gasteiger partial charge on any atom is -0.347 e. The monoisotopic (exact) mass is 607 g/mol. The SMILES string of the molecule is CC(C)C1(NC(=O)C2C=C3c4cccc5c4C(=C=N5)CC3N(C)C2)OC2(O)C3CCCN3C(=O)C(Cc3ccccc3)N2C1=O. The molecule has 3 fully saturated rings. The number of hydrogen-bond acceptors (Lipinski definition) is 7. The largest absolute Gasteiger partial charge is 0.347 e. The van der Waals surface area contributed by atoms with E-state index in [0.717, 1.165) is 39.9 Å². The number of fused-ring (bicyclic) bond motifs is 5. The quantitative estimate of drug-likeness (QED) is 0.541. The minimum atomic E-state index is -2.07. The first kappa shape index (κ1) is 28.4. The van der Waals surface area contributed by atoms with Crippen LogP contribution in [-0.4, -0.2) is 93.3 Å². The zero-order valence-corrected chi connectivity index (χ0v) is 25.7. The van der Waals surface area contributed by atoms with Crippen LogP contribution in [0.5, 0.6) is 0 Å². The number of rotatable bonds is 5. The van der Waals surface area contributed by atoms with Crippen LogP contribution in [-0.2, 0) is 25.5 Å². The number of carbonyl (C=O) groups is 3. The number of benzene rings is 2. The molecule has 3 amide bonds. The molecule has 5 aliphatic heterocycles. The summed E-state index contributed by atoms with van der Waals surface area (Å²) in [4.78, 5) is 52.2. The van der Waals surface area contributed by atoms with Gasteiger partial charge < -0.3 is 15.3 Å². The van der Waals surface area contributed by atoms with Gasteiger partial charge in [-0.2, -0.15) is 0 Å². The van der Waals surface area contributed by atoms with Crippen molar-refractivity contribution in [3.05, 3.63) is 71.3 Å².